The second kappa shape index (κ2) is 3.47. The third-order valence-corrected chi connectivity index (χ3v) is 2.17. The predicted molar refractivity (Wildman–Crippen MR) is 34.9 cm³/mol. The molecule has 1 N–H and O–H groups in total. The maximum Gasteiger partial charge on any atom is 0.330 e. The number of hydrogen-bond donors (Lipinski definition) is 1. The van der Waals surface area contributed by atoms with Crippen LogP contribution in [0.3, 0.4) is 0 Å². The largest absolute Gasteiger partial charge is 0.330 e. The highest BCUT2D eigenvalue weighted by atomic mass is 31.2. The Morgan fingerprint density at radius 1 is 1.67 bits per heavy atom. The average molecular weight is 150 g/mol. The molecule has 0 aromatic carbocycles. The Bertz CT molecular complexity index is 78.3. The standard InChI is InChI=1S/C5H11O3P/c1-5-3-2-4-7-9(6)8-5/h5-6H,2-4H2,1H3. The summed E-state index contributed by atoms with van der Waals surface area (Å²) in [6.45, 7) is 2.58. The lowest BCUT2D eigenvalue weighted by atomic mass is 10.2. The highest BCUT2D eigenvalue weighted by Gasteiger charge is 2.15. The summed E-state index contributed by atoms with van der Waals surface area (Å²) in [6.07, 6.45) is 2.13. The third-order valence-electron chi connectivity index (χ3n) is 1.23. The number of rotatable bonds is 0. The average Bonchev–Trinajstić information content (AvgIpc) is 1.93. The van der Waals surface area contributed by atoms with Crippen LogP contribution in [0, 0.1) is 0 Å². The summed E-state index contributed by atoms with van der Waals surface area (Å²) >= 11 is 0. The van der Waals surface area contributed by atoms with E-state index >= 15 is 0 Å². The van der Waals surface area contributed by atoms with Crippen molar-refractivity contribution < 1.29 is 13.9 Å². The van der Waals surface area contributed by atoms with E-state index in [0.29, 0.717) is 6.61 Å². The van der Waals surface area contributed by atoms with Crippen LogP contribution in [0.5, 0.6) is 0 Å². The second-order valence-corrected chi connectivity index (χ2v) is 3.07. The zero-order valence-corrected chi connectivity index (χ0v) is 6.30. The van der Waals surface area contributed by atoms with Crippen molar-refractivity contribution in [2.75, 3.05) is 6.61 Å². The molecule has 2 unspecified atom stereocenters. The van der Waals surface area contributed by atoms with Gasteiger partial charge in [-0.05, 0) is 19.8 Å². The van der Waals surface area contributed by atoms with E-state index in [1.165, 1.54) is 0 Å². The summed E-state index contributed by atoms with van der Waals surface area (Å²) in [6, 6.07) is 0. The molecule has 4 heteroatoms. The molecule has 1 saturated heterocycles. The fraction of sp³-hybridized carbons (Fsp3) is 1.00. The SMILES string of the molecule is CC1CCCOP(O)O1. The molecule has 2 atom stereocenters. The van der Waals surface area contributed by atoms with Gasteiger partial charge >= 0.3 is 8.60 Å². The lowest BCUT2D eigenvalue weighted by Gasteiger charge is -2.09. The van der Waals surface area contributed by atoms with E-state index < -0.39 is 8.60 Å². The third kappa shape index (κ3) is 2.59. The molecular weight excluding hydrogens is 139 g/mol. The van der Waals surface area contributed by atoms with Crippen LogP contribution < -0.4 is 0 Å². The van der Waals surface area contributed by atoms with Crippen molar-refractivity contribution in [1.82, 2.24) is 0 Å². The molecule has 0 bridgehead atoms. The fourth-order valence-electron chi connectivity index (χ4n) is 0.751. The van der Waals surface area contributed by atoms with E-state index in [2.05, 4.69) is 0 Å². The van der Waals surface area contributed by atoms with Crippen molar-refractivity contribution in [1.29, 1.82) is 0 Å². The normalized spacial score (nSPS) is 38.0. The van der Waals surface area contributed by atoms with Gasteiger partial charge in [-0.2, -0.15) is 0 Å². The Balaban J connectivity index is 2.29. The van der Waals surface area contributed by atoms with Crippen molar-refractivity contribution in [2.45, 2.75) is 25.9 Å². The van der Waals surface area contributed by atoms with Gasteiger partial charge in [0.25, 0.3) is 0 Å². The lowest BCUT2D eigenvalue weighted by molar-refractivity contribution is 0.184. The minimum absolute atomic E-state index is 0.156. The smallest absolute Gasteiger partial charge is 0.328 e. The summed E-state index contributed by atoms with van der Waals surface area (Å²) in [7, 11) is -1.56. The Hall–Kier alpha value is 0.310. The Morgan fingerprint density at radius 2 is 2.44 bits per heavy atom. The quantitative estimate of drug-likeness (QED) is 0.531. The molecule has 0 amide bonds. The Morgan fingerprint density at radius 3 is 3.22 bits per heavy atom. The van der Waals surface area contributed by atoms with Crippen LogP contribution in [0.15, 0.2) is 0 Å². The Kier molecular flexibility index (Phi) is 2.86. The van der Waals surface area contributed by atoms with Crippen molar-refractivity contribution in [2.24, 2.45) is 0 Å². The molecule has 9 heavy (non-hydrogen) atoms. The monoisotopic (exact) mass is 150 g/mol. The predicted octanol–water partition coefficient (Wildman–Crippen LogP) is 1.42. The van der Waals surface area contributed by atoms with Crippen LogP contribution in [-0.2, 0) is 9.05 Å². The molecule has 0 aromatic rings. The molecular formula is C5H11O3P. The first-order chi connectivity index (χ1) is 4.29. The Labute approximate surface area is 56.0 Å². The van der Waals surface area contributed by atoms with Crippen LogP contribution >= 0.6 is 8.60 Å². The summed E-state index contributed by atoms with van der Waals surface area (Å²) in [5.41, 5.74) is 0. The van der Waals surface area contributed by atoms with Gasteiger partial charge in [0.1, 0.15) is 0 Å². The van der Waals surface area contributed by atoms with Gasteiger partial charge < -0.3 is 13.9 Å². The molecule has 54 valence electrons. The summed E-state index contributed by atoms with van der Waals surface area (Å²) in [5.74, 6) is 0. The summed E-state index contributed by atoms with van der Waals surface area (Å²) < 4.78 is 9.88. The molecule has 0 aromatic heterocycles. The van der Waals surface area contributed by atoms with Crippen LogP contribution in [0.2, 0.25) is 0 Å². The molecule has 1 fully saturated rings. The van der Waals surface area contributed by atoms with E-state index in [4.69, 9.17) is 13.9 Å². The van der Waals surface area contributed by atoms with Crippen molar-refractivity contribution >= 4 is 8.60 Å². The molecule has 0 spiro atoms. The van der Waals surface area contributed by atoms with Gasteiger partial charge in [0.05, 0.1) is 12.7 Å². The van der Waals surface area contributed by atoms with Crippen LogP contribution in [0.1, 0.15) is 19.8 Å². The highest BCUT2D eigenvalue weighted by Crippen LogP contribution is 2.37. The first-order valence-corrected chi connectivity index (χ1v) is 4.21. The van der Waals surface area contributed by atoms with Crippen LogP contribution in [0.4, 0.5) is 0 Å². The van der Waals surface area contributed by atoms with E-state index in [1.54, 1.807) is 0 Å². The second-order valence-electron chi connectivity index (χ2n) is 2.13. The molecule has 1 rings (SSSR count). The topological polar surface area (TPSA) is 38.7 Å². The minimum Gasteiger partial charge on any atom is -0.328 e. The molecule has 1 heterocycles. The molecule has 0 radical (unpaired) electrons. The zero-order valence-electron chi connectivity index (χ0n) is 5.41. The van der Waals surface area contributed by atoms with E-state index in [-0.39, 0.29) is 6.10 Å². The first kappa shape index (κ1) is 7.42. The van der Waals surface area contributed by atoms with Gasteiger partial charge in [-0.25, -0.2) is 0 Å². The highest BCUT2D eigenvalue weighted by molar-refractivity contribution is 7.40. The van der Waals surface area contributed by atoms with Gasteiger partial charge in [0.15, 0.2) is 0 Å². The van der Waals surface area contributed by atoms with Gasteiger partial charge in [0, 0.05) is 0 Å². The van der Waals surface area contributed by atoms with Gasteiger partial charge in [0.2, 0.25) is 0 Å². The van der Waals surface area contributed by atoms with Crippen molar-refractivity contribution in [3.63, 3.8) is 0 Å². The van der Waals surface area contributed by atoms with Crippen LogP contribution in [-0.4, -0.2) is 17.6 Å². The summed E-state index contributed by atoms with van der Waals surface area (Å²) in [4.78, 5) is 8.88. The van der Waals surface area contributed by atoms with Gasteiger partial charge in [-0.1, -0.05) is 0 Å². The fourth-order valence-corrected chi connectivity index (χ4v) is 1.51. The van der Waals surface area contributed by atoms with E-state index in [1.807, 2.05) is 6.92 Å². The molecule has 3 nitrogen and oxygen atoms in total. The molecule has 0 aliphatic carbocycles. The lowest BCUT2D eigenvalue weighted by Crippen LogP contribution is -2.00. The minimum atomic E-state index is -1.56. The van der Waals surface area contributed by atoms with E-state index in [9.17, 15) is 0 Å². The first-order valence-electron chi connectivity index (χ1n) is 3.08. The maximum atomic E-state index is 8.88. The summed E-state index contributed by atoms with van der Waals surface area (Å²) in [5, 5.41) is 0. The number of hydrogen-bond acceptors (Lipinski definition) is 3. The van der Waals surface area contributed by atoms with Crippen molar-refractivity contribution in [3.8, 4) is 0 Å². The van der Waals surface area contributed by atoms with Gasteiger partial charge in [-0.3, -0.25) is 0 Å². The van der Waals surface area contributed by atoms with Gasteiger partial charge in [-0.15, -0.1) is 0 Å². The molecule has 1 aliphatic rings. The molecule has 1 aliphatic heterocycles. The molecule has 0 saturated carbocycles. The maximum absolute atomic E-state index is 8.88. The zero-order chi connectivity index (χ0) is 6.69. The van der Waals surface area contributed by atoms with Crippen molar-refractivity contribution in [3.05, 3.63) is 0 Å². The van der Waals surface area contributed by atoms with Crippen LogP contribution in [0.25, 0.3) is 0 Å². The van der Waals surface area contributed by atoms with E-state index in [0.717, 1.165) is 12.8 Å².